The maximum absolute atomic E-state index is 12.0. The molecule has 0 aromatic heterocycles. The number of fused-ring (bicyclic) bond motifs is 1. The molecule has 0 spiro atoms. The lowest BCUT2D eigenvalue weighted by Gasteiger charge is -2.30. The fourth-order valence-corrected chi connectivity index (χ4v) is 4.83. The Bertz CT molecular complexity index is 1050. The van der Waals surface area contributed by atoms with Crippen molar-refractivity contribution < 1.29 is 9.79 Å². The van der Waals surface area contributed by atoms with Gasteiger partial charge in [-0.25, -0.2) is 0 Å². The van der Waals surface area contributed by atoms with Crippen molar-refractivity contribution in [1.82, 2.24) is 5.01 Å². The Morgan fingerprint density at radius 3 is 2.17 bits per heavy atom. The topological polar surface area (TPSA) is 26.5 Å². The van der Waals surface area contributed by atoms with E-state index < -0.39 is 5.72 Å². The van der Waals surface area contributed by atoms with Gasteiger partial charge >= 0.3 is 0 Å². The maximum atomic E-state index is 12.0. The highest BCUT2D eigenvalue weighted by Crippen LogP contribution is 2.38. The predicted octanol–water partition coefficient (Wildman–Crippen LogP) is 5.11. The average Bonchev–Trinajstić information content (AvgIpc) is 2.94. The molecular weight excluding hydrogens is 368 g/mol. The van der Waals surface area contributed by atoms with Crippen molar-refractivity contribution in [2.24, 2.45) is 0 Å². The lowest BCUT2D eigenvalue weighted by molar-refractivity contribution is -0.706. The van der Waals surface area contributed by atoms with E-state index in [0.717, 1.165) is 31.5 Å². The summed E-state index contributed by atoms with van der Waals surface area (Å²) in [5.74, 6) is 0. The standard InChI is InChI=1S/C27H29N2O/c1-21-10-12-24(13-11-21)26-20-27(30,29-19-7-3-6-18-28(26)29)25-16-14-23(15-17-25)22-8-4-2-5-9-22/h2,4-5,8-17,30H,3,6-7,18-20H2,1H3/q+1. The van der Waals surface area contributed by atoms with Crippen LogP contribution in [0.2, 0.25) is 0 Å². The highest BCUT2D eigenvalue weighted by molar-refractivity contribution is 5.98. The zero-order valence-corrected chi connectivity index (χ0v) is 17.6. The first-order chi connectivity index (χ1) is 14.6. The van der Waals surface area contributed by atoms with Gasteiger partial charge in [0.15, 0.2) is 6.54 Å². The van der Waals surface area contributed by atoms with Crippen LogP contribution >= 0.6 is 0 Å². The van der Waals surface area contributed by atoms with Gasteiger partial charge in [-0.3, -0.25) is 0 Å². The molecule has 1 fully saturated rings. The fourth-order valence-electron chi connectivity index (χ4n) is 4.83. The Balaban J connectivity index is 1.52. The minimum absolute atomic E-state index is 0.612. The molecule has 152 valence electrons. The molecular formula is C27H29N2O+. The second kappa shape index (κ2) is 7.73. The molecule has 0 bridgehead atoms. The van der Waals surface area contributed by atoms with Crippen LogP contribution in [0, 0.1) is 6.92 Å². The van der Waals surface area contributed by atoms with Crippen LogP contribution in [0.15, 0.2) is 78.9 Å². The molecule has 1 saturated heterocycles. The normalized spacial score (nSPS) is 21.5. The van der Waals surface area contributed by atoms with E-state index in [9.17, 15) is 5.11 Å². The van der Waals surface area contributed by atoms with Crippen LogP contribution in [0.25, 0.3) is 11.1 Å². The van der Waals surface area contributed by atoms with Gasteiger partial charge in [-0.2, -0.15) is 0 Å². The Hall–Kier alpha value is -2.91. The van der Waals surface area contributed by atoms with Gasteiger partial charge in [0.25, 0.3) is 0 Å². The second-order valence-electron chi connectivity index (χ2n) is 8.56. The quantitative estimate of drug-likeness (QED) is 0.622. The summed E-state index contributed by atoms with van der Waals surface area (Å²) < 4.78 is 2.35. The zero-order valence-electron chi connectivity index (χ0n) is 17.6. The zero-order chi connectivity index (χ0) is 20.6. The lowest BCUT2D eigenvalue weighted by Crippen LogP contribution is -2.46. The number of rotatable bonds is 3. The summed E-state index contributed by atoms with van der Waals surface area (Å²) in [7, 11) is 0. The molecule has 0 radical (unpaired) electrons. The van der Waals surface area contributed by atoms with Crippen molar-refractivity contribution in [2.45, 2.75) is 38.3 Å². The van der Waals surface area contributed by atoms with Crippen LogP contribution < -0.4 is 0 Å². The Morgan fingerprint density at radius 2 is 1.43 bits per heavy atom. The molecule has 3 heteroatoms. The first-order valence-corrected chi connectivity index (χ1v) is 11.0. The van der Waals surface area contributed by atoms with Gasteiger partial charge < -0.3 is 5.11 Å². The van der Waals surface area contributed by atoms with Gasteiger partial charge in [-0.05, 0) is 43.0 Å². The Kier molecular flexibility index (Phi) is 4.92. The van der Waals surface area contributed by atoms with Gasteiger partial charge in [0.1, 0.15) is 0 Å². The number of benzene rings is 3. The second-order valence-corrected chi connectivity index (χ2v) is 8.56. The molecule has 3 nitrogen and oxygen atoms in total. The molecule has 1 unspecified atom stereocenters. The highest BCUT2D eigenvalue weighted by atomic mass is 16.3. The van der Waals surface area contributed by atoms with Crippen LogP contribution in [0.4, 0.5) is 0 Å². The average molecular weight is 398 g/mol. The van der Waals surface area contributed by atoms with Crippen molar-refractivity contribution in [3.8, 4) is 11.1 Å². The number of hydrazine groups is 1. The van der Waals surface area contributed by atoms with Gasteiger partial charge in [0.05, 0.1) is 13.0 Å². The van der Waals surface area contributed by atoms with E-state index >= 15 is 0 Å². The summed E-state index contributed by atoms with van der Waals surface area (Å²) in [4.78, 5) is 0. The van der Waals surface area contributed by atoms with E-state index in [1.54, 1.807) is 0 Å². The summed E-state index contributed by atoms with van der Waals surface area (Å²) in [6.07, 6.45) is 4.09. The molecule has 0 amide bonds. The Morgan fingerprint density at radius 1 is 0.767 bits per heavy atom. The molecule has 1 N–H and O–H groups in total. The Labute approximate surface area is 178 Å². The number of aliphatic hydroxyl groups is 1. The SMILES string of the molecule is Cc1ccc(C2=[N+]3CCCCCN3C(O)(c3ccc(-c4ccccc4)cc3)C2)cc1. The fraction of sp³-hybridized carbons (Fsp3) is 0.296. The molecule has 30 heavy (non-hydrogen) atoms. The lowest BCUT2D eigenvalue weighted by atomic mass is 9.92. The van der Waals surface area contributed by atoms with Crippen molar-refractivity contribution in [3.63, 3.8) is 0 Å². The number of hydrazone groups is 1. The van der Waals surface area contributed by atoms with Gasteiger partial charge in [-0.1, -0.05) is 72.3 Å². The van der Waals surface area contributed by atoms with E-state index in [1.807, 2.05) is 6.07 Å². The van der Waals surface area contributed by atoms with Crippen LogP contribution in [0.1, 0.15) is 42.4 Å². The first kappa shape index (κ1) is 19.1. The van der Waals surface area contributed by atoms with E-state index in [-0.39, 0.29) is 0 Å². The van der Waals surface area contributed by atoms with Crippen molar-refractivity contribution in [3.05, 3.63) is 95.6 Å². The molecule has 0 saturated carbocycles. The van der Waals surface area contributed by atoms with Crippen LogP contribution in [-0.2, 0) is 5.72 Å². The summed E-state index contributed by atoms with van der Waals surface area (Å²) in [6.45, 7) is 3.96. The maximum Gasteiger partial charge on any atom is 0.225 e. The van der Waals surface area contributed by atoms with Gasteiger partial charge in [0.2, 0.25) is 11.4 Å². The first-order valence-electron chi connectivity index (χ1n) is 11.0. The summed E-state index contributed by atoms with van der Waals surface area (Å²) in [5.41, 5.74) is 6.05. The van der Waals surface area contributed by atoms with Crippen molar-refractivity contribution in [1.29, 1.82) is 0 Å². The summed E-state index contributed by atoms with van der Waals surface area (Å²) >= 11 is 0. The van der Waals surface area contributed by atoms with Crippen LogP contribution in [-0.4, -0.2) is 33.6 Å². The monoisotopic (exact) mass is 397 g/mol. The number of nitrogens with zero attached hydrogens (tertiary/aromatic N) is 2. The van der Waals surface area contributed by atoms with Gasteiger partial charge in [-0.15, -0.1) is 9.69 Å². The molecule has 0 aliphatic carbocycles. The van der Waals surface area contributed by atoms with E-state index in [1.165, 1.54) is 34.4 Å². The predicted molar refractivity (Wildman–Crippen MR) is 121 cm³/mol. The summed E-state index contributed by atoms with van der Waals surface area (Å²) in [5, 5.41) is 14.2. The molecule has 5 rings (SSSR count). The van der Waals surface area contributed by atoms with Crippen LogP contribution in [0.3, 0.4) is 0 Å². The largest absolute Gasteiger partial charge is 0.362 e. The number of hydrogen-bond acceptors (Lipinski definition) is 2. The number of hydrogen-bond donors (Lipinski definition) is 1. The minimum atomic E-state index is -1.00. The third kappa shape index (κ3) is 3.33. The van der Waals surface area contributed by atoms with Crippen molar-refractivity contribution >= 4 is 5.71 Å². The third-order valence-corrected chi connectivity index (χ3v) is 6.52. The van der Waals surface area contributed by atoms with E-state index in [2.05, 4.69) is 89.4 Å². The third-order valence-electron chi connectivity index (χ3n) is 6.52. The molecule has 3 aromatic rings. The van der Waals surface area contributed by atoms with Crippen LogP contribution in [0.5, 0.6) is 0 Å². The highest BCUT2D eigenvalue weighted by Gasteiger charge is 2.52. The molecule has 2 aliphatic rings. The van der Waals surface area contributed by atoms with Crippen molar-refractivity contribution in [2.75, 3.05) is 13.1 Å². The molecule has 2 heterocycles. The van der Waals surface area contributed by atoms with E-state index in [0.29, 0.717) is 6.42 Å². The van der Waals surface area contributed by atoms with E-state index in [4.69, 9.17) is 0 Å². The minimum Gasteiger partial charge on any atom is -0.362 e. The van der Waals surface area contributed by atoms with Gasteiger partial charge in [0, 0.05) is 17.5 Å². The molecule has 1 atom stereocenters. The molecule has 3 aromatic carbocycles. The molecule has 2 aliphatic heterocycles. The smallest absolute Gasteiger partial charge is 0.225 e. The number of aryl methyl sites for hydroxylation is 1. The summed E-state index contributed by atoms with van der Waals surface area (Å²) in [6, 6.07) is 27.6.